The number of hydrogen-bond acceptors (Lipinski definition) is 5. The first-order chi connectivity index (χ1) is 12.2. The van der Waals surface area contributed by atoms with Gasteiger partial charge in [-0.1, -0.05) is 64.7 Å². The van der Waals surface area contributed by atoms with Gasteiger partial charge in [0.05, 0.1) is 22.3 Å². The minimum Gasteiger partial charge on any atom is -0.748 e. The van der Waals surface area contributed by atoms with E-state index in [4.69, 9.17) is 0 Å². The Bertz CT molecular complexity index is 464. The Labute approximate surface area is 165 Å². The average molecular weight is 408 g/mol. The molecule has 155 valence electrons. The zero-order chi connectivity index (χ0) is 19.9. The van der Waals surface area contributed by atoms with Gasteiger partial charge < -0.3 is 9.87 Å². The summed E-state index contributed by atoms with van der Waals surface area (Å²) in [5, 5.41) is 2.57. The van der Waals surface area contributed by atoms with Crippen molar-refractivity contribution in [3.8, 4) is 0 Å². The average Bonchev–Trinajstić information content (AvgIpc) is 2.48. The van der Waals surface area contributed by atoms with E-state index in [2.05, 4.69) is 12.2 Å². The summed E-state index contributed by atoms with van der Waals surface area (Å²) in [6.45, 7) is 5.31. The summed E-state index contributed by atoms with van der Waals surface area (Å²) in [6, 6.07) is 0. The van der Waals surface area contributed by atoms with E-state index in [1.165, 1.54) is 78.1 Å². The van der Waals surface area contributed by atoms with Crippen LogP contribution in [0.15, 0.2) is 0 Å². The Balaban J connectivity index is 3.48. The second kappa shape index (κ2) is 14.7. The van der Waals surface area contributed by atoms with Crippen LogP contribution in [0, 0.1) is 6.42 Å². The second-order valence-electron chi connectivity index (χ2n) is 7.54. The standard InChI is InChI=1S/C19H38NO4S2/c1-4-5-6-7-8-9-10-11-12-13-15-25-16-14-18(21)20-19(2,3)17-26(22,23)24/h14H,4-13,15-17H2,1-3H3,(H,20,21)(H,22,23,24)/p-1. The quantitative estimate of drug-likeness (QED) is 0.287. The Morgan fingerprint density at radius 3 is 2.00 bits per heavy atom. The van der Waals surface area contributed by atoms with Crippen LogP contribution in [0.3, 0.4) is 0 Å². The van der Waals surface area contributed by atoms with Crippen LogP contribution in [0.25, 0.3) is 0 Å². The lowest BCUT2D eigenvalue weighted by Crippen LogP contribution is -2.48. The molecule has 0 aliphatic rings. The molecule has 0 aromatic heterocycles. The molecule has 26 heavy (non-hydrogen) atoms. The molecular weight excluding hydrogens is 370 g/mol. The van der Waals surface area contributed by atoms with Crippen LogP contribution < -0.4 is 5.32 Å². The largest absolute Gasteiger partial charge is 0.748 e. The van der Waals surface area contributed by atoms with Gasteiger partial charge in [0, 0.05) is 11.3 Å². The molecule has 1 N–H and O–H groups in total. The molecule has 0 aromatic rings. The molecule has 7 heteroatoms. The van der Waals surface area contributed by atoms with E-state index in [-0.39, 0.29) is 5.91 Å². The summed E-state index contributed by atoms with van der Waals surface area (Å²) in [4.78, 5) is 11.8. The van der Waals surface area contributed by atoms with E-state index in [0.717, 1.165) is 12.2 Å². The number of amides is 1. The van der Waals surface area contributed by atoms with Crippen molar-refractivity contribution in [3.63, 3.8) is 0 Å². The maximum atomic E-state index is 11.8. The molecule has 0 bridgehead atoms. The molecule has 0 fully saturated rings. The first-order valence-corrected chi connectivity index (χ1v) is 12.6. The van der Waals surface area contributed by atoms with Crippen molar-refractivity contribution in [2.24, 2.45) is 0 Å². The van der Waals surface area contributed by atoms with Crippen molar-refractivity contribution in [2.45, 2.75) is 90.5 Å². The van der Waals surface area contributed by atoms with Gasteiger partial charge in [-0.3, -0.25) is 4.79 Å². The highest BCUT2D eigenvalue weighted by molar-refractivity contribution is 7.99. The smallest absolute Gasteiger partial charge is 0.225 e. The summed E-state index contributed by atoms with van der Waals surface area (Å²) in [5.41, 5.74) is -1.05. The van der Waals surface area contributed by atoms with E-state index >= 15 is 0 Å². The molecule has 0 aromatic carbocycles. The molecule has 0 rings (SSSR count). The summed E-state index contributed by atoms with van der Waals surface area (Å²) >= 11 is 1.70. The van der Waals surface area contributed by atoms with Crippen LogP contribution in [0.1, 0.15) is 85.0 Å². The predicted octanol–water partition coefficient (Wildman–Crippen LogP) is 4.28. The molecule has 0 aliphatic carbocycles. The normalized spacial score (nSPS) is 12.3. The van der Waals surface area contributed by atoms with Gasteiger partial charge in [-0.05, 0) is 26.0 Å². The van der Waals surface area contributed by atoms with Crippen LogP contribution in [-0.4, -0.2) is 41.7 Å². The third-order valence-corrected chi connectivity index (χ3v) is 6.08. The lowest BCUT2D eigenvalue weighted by Gasteiger charge is -2.27. The van der Waals surface area contributed by atoms with Gasteiger partial charge in [-0.15, -0.1) is 0 Å². The lowest BCUT2D eigenvalue weighted by molar-refractivity contribution is -0.119. The van der Waals surface area contributed by atoms with E-state index < -0.39 is 21.4 Å². The fourth-order valence-electron chi connectivity index (χ4n) is 2.77. The van der Waals surface area contributed by atoms with Gasteiger partial charge in [0.25, 0.3) is 0 Å². The molecule has 0 saturated carbocycles. The first-order valence-electron chi connectivity index (χ1n) is 9.83. The Morgan fingerprint density at radius 1 is 1.00 bits per heavy atom. The summed E-state index contributed by atoms with van der Waals surface area (Å²) in [7, 11) is -4.36. The maximum Gasteiger partial charge on any atom is 0.225 e. The molecule has 0 heterocycles. The minimum atomic E-state index is -4.36. The van der Waals surface area contributed by atoms with Gasteiger partial charge in [0.2, 0.25) is 5.91 Å². The highest BCUT2D eigenvalue weighted by Crippen LogP contribution is 2.13. The Hall–Kier alpha value is -0.270. The van der Waals surface area contributed by atoms with Gasteiger partial charge in [-0.25, -0.2) is 8.42 Å². The number of thioether (sulfide) groups is 1. The SMILES string of the molecule is CCCCCCCCCCCCSC[CH]C(=O)NC(C)(C)CS(=O)(=O)[O-]. The summed E-state index contributed by atoms with van der Waals surface area (Å²) in [5.74, 6) is 0.696. The summed E-state index contributed by atoms with van der Waals surface area (Å²) in [6.07, 6.45) is 14.7. The molecule has 1 radical (unpaired) electrons. The van der Waals surface area contributed by atoms with Crippen molar-refractivity contribution in [1.29, 1.82) is 0 Å². The first kappa shape index (κ1) is 25.7. The van der Waals surface area contributed by atoms with Crippen LogP contribution in [0.4, 0.5) is 0 Å². The zero-order valence-corrected chi connectivity index (χ0v) is 18.4. The molecular formula is C19H37NO4S2-. The molecule has 5 nitrogen and oxygen atoms in total. The van der Waals surface area contributed by atoms with Crippen molar-refractivity contribution in [2.75, 3.05) is 17.3 Å². The fourth-order valence-corrected chi connectivity index (χ4v) is 4.57. The van der Waals surface area contributed by atoms with E-state index in [9.17, 15) is 17.8 Å². The number of carbonyl (C=O) groups is 1. The molecule has 0 spiro atoms. The van der Waals surface area contributed by atoms with E-state index in [1.54, 1.807) is 11.8 Å². The third kappa shape index (κ3) is 18.5. The van der Waals surface area contributed by atoms with Crippen molar-refractivity contribution in [3.05, 3.63) is 6.42 Å². The van der Waals surface area contributed by atoms with Crippen LogP contribution in [0.5, 0.6) is 0 Å². The molecule has 1 amide bonds. The fraction of sp³-hybridized carbons (Fsp3) is 0.895. The van der Waals surface area contributed by atoms with Crippen LogP contribution in [-0.2, 0) is 14.9 Å². The van der Waals surface area contributed by atoms with Gasteiger partial charge in [0.15, 0.2) is 0 Å². The number of carbonyl (C=O) groups excluding carboxylic acids is 1. The topological polar surface area (TPSA) is 86.3 Å². The Kier molecular flexibility index (Phi) is 14.6. The van der Waals surface area contributed by atoms with Crippen LogP contribution >= 0.6 is 11.8 Å². The molecule has 0 aliphatic heterocycles. The monoisotopic (exact) mass is 407 g/mol. The van der Waals surface area contributed by atoms with Gasteiger partial charge in [-0.2, -0.15) is 11.8 Å². The highest BCUT2D eigenvalue weighted by Gasteiger charge is 2.23. The molecule has 0 atom stereocenters. The van der Waals surface area contributed by atoms with Crippen molar-refractivity contribution in [1.82, 2.24) is 5.32 Å². The number of rotatable bonds is 17. The van der Waals surface area contributed by atoms with Crippen molar-refractivity contribution >= 4 is 27.8 Å². The van der Waals surface area contributed by atoms with Gasteiger partial charge >= 0.3 is 0 Å². The number of unbranched alkanes of at least 4 members (excludes halogenated alkanes) is 9. The lowest BCUT2D eigenvalue weighted by atomic mass is 10.1. The van der Waals surface area contributed by atoms with Gasteiger partial charge in [0.1, 0.15) is 0 Å². The number of nitrogens with one attached hydrogen (secondary N) is 1. The van der Waals surface area contributed by atoms with Crippen LogP contribution in [0.2, 0.25) is 0 Å². The van der Waals surface area contributed by atoms with E-state index in [1.807, 2.05) is 0 Å². The predicted molar refractivity (Wildman–Crippen MR) is 110 cm³/mol. The molecule has 0 unspecified atom stereocenters. The Morgan fingerprint density at radius 2 is 1.50 bits per heavy atom. The highest BCUT2D eigenvalue weighted by atomic mass is 32.2. The third-order valence-electron chi connectivity index (χ3n) is 4.03. The van der Waals surface area contributed by atoms with Crippen molar-refractivity contribution < 1.29 is 17.8 Å². The minimum absolute atomic E-state index is 0.325. The molecule has 0 saturated heterocycles. The zero-order valence-electron chi connectivity index (χ0n) is 16.7. The van der Waals surface area contributed by atoms with E-state index in [0.29, 0.717) is 5.75 Å². The summed E-state index contributed by atoms with van der Waals surface area (Å²) < 4.78 is 32.4. The second-order valence-corrected chi connectivity index (χ2v) is 10.1. The maximum absolute atomic E-state index is 11.8. The number of hydrogen-bond donors (Lipinski definition) is 1.